The van der Waals surface area contributed by atoms with Gasteiger partial charge in [0.15, 0.2) is 0 Å². The first-order chi connectivity index (χ1) is 9.08. The Labute approximate surface area is 120 Å². The zero-order valence-corrected chi connectivity index (χ0v) is 11.3. The molecule has 0 spiro atoms. The molecular weight excluding hydrogens is 286 g/mol. The average Bonchev–Trinajstić information content (AvgIpc) is 2.37. The fourth-order valence-corrected chi connectivity index (χ4v) is 2.07. The van der Waals surface area contributed by atoms with Gasteiger partial charge in [-0.2, -0.15) is 5.26 Å². The van der Waals surface area contributed by atoms with Gasteiger partial charge in [-0.05, 0) is 42.0 Å². The van der Waals surface area contributed by atoms with Crippen LogP contribution in [0.25, 0.3) is 0 Å². The third kappa shape index (κ3) is 3.60. The molecule has 0 heterocycles. The van der Waals surface area contributed by atoms with Crippen molar-refractivity contribution in [3.05, 3.63) is 63.4 Å². The lowest BCUT2D eigenvalue weighted by atomic mass is 10.2. The lowest BCUT2D eigenvalue weighted by Crippen LogP contribution is -2.01. The third-order valence-electron chi connectivity index (χ3n) is 2.50. The topological polar surface area (TPSA) is 35.8 Å². The Morgan fingerprint density at radius 1 is 1.16 bits per heavy atom. The van der Waals surface area contributed by atoms with Crippen molar-refractivity contribution in [1.29, 1.82) is 5.26 Å². The normalized spacial score (nSPS) is 10.0. The zero-order chi connectivity index (χ0) is 13.8. The Bertz CT molecular complexity index is 630. The van der Waals surface area contributed by atoms with Gasteiger partial charge in [0, 0.05) is 11.6 Å². The molecule has 0 aromatic heterocycles. The molecule has 0 unspecified atom stereocenters. The Balaban J connectivity index is 2.16. The van der Waals surface area contributed by atoms with Crippen molar-refractivity contribution in [2.75, 3.05) is 5.32 Å². The van der Waals surface area contributed by atoms with Crippen molar-refractivity contribution < 1.29 is 4.39 Å². The molecule has 0 saturated carbocycles. The first-order valence-corrected chi connectivity index (χ1v) is 6.22. The van der Waals surface area contributed by atoms with Crippen molar-refractivity contribution in [2.45, 2.75) is 6.54 Å². The predicted molar refractivity (Wildman–Crippen MR) is 74.9 cm³/mol. The summed E-state index contributed by atoms with van der Waals surface area (Å²) < 4.78 is 13.2. The van der Waals surface area contributed by atoms with Gasteiger partial charge in [0.1, 0.15) is 5.82 Å². The van der Waals surface area contributed by atoms with Crippen molar-refractivity contribution in [3.63, 3.8) is 0 Å². The standard InChI is InChI=1S/C14H9Cl2FN2/c15-11-3-10(4-12(17)6-11)8-19-14-5-9(7-18)1-2-13(14)16/h1-6,19H,8H2. The lowest BCUT2D eigenvalue weighted by Gasteiger charge is -2.09. The van der Waals surface area contributed by atoms with Gasteiger partial charge in [0.25, 0.3) is 0 Å². The molecule has 2 aromatic rings. The Hall–Kier alpha value is -1.76. The highest BCUT2D eigenvalue weighted by Gasteiger charge is 2.03. The van der Waals surface area contributed by atoms with Gasteiger partial charge in [-0.25, -0.2) is 4.39 Å². The maximum absolute atomic E-state index is 13.2. The fraction of sp³-hybridized carbons (Fsp3) is 0.0714. The van der Waals surface area contributed by atoms with Gasteiger partial charge in [-0.15, -0.1) is 0 Å². The number of benzene rings is 2. The number of hydrogen-bond acceptors (Lipinski definition) is 2. The molecule has 0 aliphatic heterocycles. The van der Waals surface area contributed by atoms with Crippen LogP contribution in [0.3, 0.4) is 0 Å². The van der Waals surface area contributed by atoms with Crippen LogP contribution in [-0.2, 0) is 6.54 Å². The van der Waals surface area contributed by atoms with Crippen LogP contribution < -0.4 is 5.32 Å². The Kier molecular flexibility index (Phi) is 4.26. The van der Waals surface area contributed by atoms with E-state index in [1.165, 1.54) is 12.1 Å². The van der Waals surface area contributed by atoms with Crippen molar-refractivity contribution in [2.24, 2.45) is 0 Å². The molecule has 19 heavy (non-hydrogen) atoms. The molecule has 2 nitrogen and oxygen atoms in total. The fourth-order valence-electron chi connectivity index (χ4n) is 1.64. The number of nitrogens with one attached hydrogen (secondary N) is 1. The first kappa shape index (κ1) is 13.7. The summed E-state index contributed by atoms with van der Waals surface area (Å²) in [4.78, 5) is 0. The molecule has 5 heteroatoms. The van der Waals surface area contributed by atoms with Crippen LogP contribution in [0, 0.1) is 17.1 Å². The highest BCUT2D eigenvalue weighted by Crippen LogP contribution is 2.24. The number of nitrogens with zero attached hydrogens (tertiary/aromatic N) is 1. The maximum atomic E-state index is 13.2. The van der Waals surface area contributed by atoms with Crippen LogP contribution in [0.1, 0.15) is 11.1 Å². The zero-order valence-electron chi connectivity index (χ0n) is 9.75. The molecule has 0 amide bonds. The van der Waals surface area contributed by atoms with Crippen LogP contribution >= 0.6 is 23.2 Å². The molecule has 1 N–H and O–H groups in total. The highest BCUT2D eigenvalue weighted by atomic mass is 35.5. The van der Waals surface area contributed by atoms with Crippen molar-refractivity contribution in [3.8, 4) is 6.07 Å². The van der Waals surface area contributed by atoms with E-state index in [-0.39, 0.29) is 5.82 Å². The van der Waals surface area contributed by atoms with Crippen molar-refractivity contribution in [1.82, 2.24) is 0 Å². The van der Waals surface area contributed by atoms with E-state index in [2.05, 4.69) is 5.32 Å². The SMILES string of the molecule is N#Cc1ccc(Cl)c(NCc2cc(F)cc(Cl)c2)c1. The van der Waals surface area contributed by atoms with Gasteiger partial charge in [0.05, 0.1) is 22.3 Å². The lowest BCUT2D eigenvalue weighted by molar-refractivity contribution is 0.626. The average molecular weight is 295 g/mol. The summed E-state index contributed by atoms with van der Waals surface area (Å²) in [5.41, 5.74) is 1.83. The second-order valence-electron chi connectivity index (χ2n) is 3.94. The summed E-state index contributed by atoms with van der Waals surface area (Å²) in [6.07, 6.45) is 0. The van der Waals surface area contributed by atoms with Crippen LogP contribution in [0.4, 0.5) is 10.1 Å². The van der Waals surface area contributed by atoms with E-state index in [4.69, 9.17) is 28.5 Å². The van der Waals surface area contributed by atoms with Crippen molar-refractivity contribution >= 4 is 28.9 Å². The number of halogens is 3. The number of hydrogen-bond donors (Lipinski definition) is 1. The van der Waals surface area contributed by atoms with E-state index in [1.54, 1.807) is 24.3 Å². The summed E-state index contributed by atoms with van der Waals surface area (Å²) in [6, 6.07) is 11.2. The maximum Gasteiger partial charge on any atom is 0.125 e. The number of rotatable bonds is 3. The van der Waals surface area contributed by atoms with Crippen LogP contribution in [-0.4, -0.2) is 0 Å². The second-order valence-corrected chi connectivity index (χ2v) is 4.78. The molecule has 0 aliphatic rings. The first-order valence-electron chi connectivity index (χ1n) is 5.47. The van der Waals surface area contributed by atoms with Gasteiger partial charge in [-0.1, -0.05) is 23.2 Å². The van der Waals surface area contributed by atoms with Gasteiger partial charge >= 0.3 is 0 Å². The summed E-state index contributed by atoms with van der Waals surface area (Å²) in [5.74, 6) is -0.388. The summed E-state index contributed by atoms with van der Waals surface area (Å²) in [5, 5.41) is 12.7. The van der Waals surface area contributed by atoms with E-state index >= 15 is 0 Å². The van der Waals surface area contributed by atoms with E-state index in [1.807, 2.05) is 6.07 Å². The van der Waals surface area contributed by atoms with Crippen LogP contribution in [0.15, 0.2) is 36.4 Å². The molecule has 0 fully saturated rings. The minimum atomic E-state index is -0.388. The summed E-state index contributed by atoms with van der Waals surface area (Å²) in [7, 11) is 0. The minimum absolute atomic E-state index is 0.341. The molecule has 0 radical (unpaired) electrons. The molecule has 0 bridgehead atoms. The molecule has 0 aliphatic carbocycles. The second kappa shape index (κ2) is 5.92. The Morgan fingerprint density at radius 3 is 2.63 bits per heavy atom. The molecule has 0 atom stereocenters. The smallest absolute Gasteiger partial charge is 0.125 e. The molecule has 2 aromatic carbocycles. The van der Waals surface area contributed by atoms with Crippen LogP contribution in [0.2, 0.25) is 10.0 Å². The highest BCUT2D eigenvalue weighted by molar-refractivity contribution is 6.33. The minimum Gasteiger partial charge on any atom is -0.380 e. The molecule has 2 rings (SSSR count). The van der Waals surface area contributed by atoms with E-state index in [0.717, 1.165) is 0 Å². The Morgan fingerprint density at radius 2 is 1.95 bits per heavy atom. The van der Waals surface area contributed by atoms with Gasteiger partial charge in [-0.3, -0.25) is 0 Å². The summed E-state index contributed by atoms with van der Waals surface area (Å²) in [6.45, 7) is 0.367. The number of anilines is 1. The summed E-state index contributed by atoms with van der Waals surface area (Å²) >= 11 is 11.8. The van der Waals surface area contributed by atoms with Crippen LogP contribution in [0.5, 0.6) is 0 Å². The van der Waals surface area contributed by atoms with E-state index in [9.17, 15) is 4.39 Å². The number of nitriles is 1. The van der Waals surface area contributed by atoms with E-state index in [0.29, 0.717) is 33.4 Å². The largest absolute Gasteiger partial charge is 0.380 e. The quantitative estimate of drug-likeness (QED) is 0.897. The molecule has 96 valence electrons. The van der Waals surface area contributed by atoms with Gasteiger partial charge < -0.3 is 5.32 Å². The van der Waals surface area contributed by atoms with E-state index < -0.39 is 0 Å². The monoisotopic (exact) mass is 294 g/mol. The predicted octanol–water partition coefficient (Wildman–Crippen LogP) is 4.62. The van der Waals surface area contributed by atoms with Gasteiger partial charge in [0.2, 0.25) is 0 Å². The third-order valence-corrected chi connectivity index (χ3v) is 3.05. The molecular formula is C14H9Cl2FN2. The molecule has 0 saturated heterocycles.